The van der Waals surface area contributed by atoms with E-state index >= 15 is 0 Å². The normalized spacial score (nSPS) is 31.2. The van der Waals surface area contributed by atoms with Gasteiger partial charge < -0.3 is 19.9 Å². The molecular weight excluding hydrogens is 242 g/mol. The minimum Gasteiger partial charge on any atom is -0.486 e. The van der Waals surface area contributed by atoms with E-state index in [2.05, 4.69) is 12.1 Å². The second kappa shape index (κ2) is 4.12. The maximum Gasteiger partial charge on any atom is 0.161 e. The zero-order valence-electron chi connectivity index (χ0n) is 10.9. The summed E-state index contributed by atoms with van der Waals surface area (Å²) in [5, 5.41) is 0. The smallest absolute Gasteiger partial charge is 0.161 e. The lowest BCUT2D eigenvalue weighted by molar-refractivity contribution is -0.111. The Kier molecular flexibility index (Phi) is 2.50. The first-order valence-corrected chi connectivity index (χ1v) is 7.01. The molecule has 2 heterocycles. The van der Waals surface area contributed by atoms with Crippen molar-refractivity contribution in [2.24, 2.45) is 11.7 Å². The molecule has 4 nitrogen and oxygen atoms in total. The molecule has 4 rings (SSSR count). The summed E-state index contributed by atoms with van der Waals surface area (Å²) in [7, 11) is 0. The van der Waals surface area contributed by atoms with Crippen LogP contribution in [-0.2, 0) is 10.2 Å². The zero-order valence-corrected chi connectivity index (χ0v) is 10.9. The Morgan fingerprint density at radius 1 is 1.05 bits per heavy atom. The molecule has 0 aromatic heterocycles. The van der Waals surface area contributed by atoms with Crippen LogP contribution in [0.5, 0.6) is 11.5 Å². The van der Waals surface area contributed by atoms with E-state index in [0.29, 0.717) is 25.2 Å². The van der Waals surface area contributed by atoms with Crippen LogP contribution in [0.4, 0.5) is 0 Å². The molecule has 2 fully saturated rings. The SMILES string of the molecule is NC1CC(C2(c3ccc4c(c3)OCCO4)COC2)C1. The van der Waals surface area contributed by atoms with E-state index in [9.17, 15) is 0 Å². The first-order valence-electron chi connectivity index (χ1n) is 7.01. The second-order valence-corrected chi connectivity index (χ2v) is 5.94. The molecule has 0 spiro atoms. The highest BCUT2D eigenvalue weighted by molar-refractivity contribution is 5.47. The van der Waals surface area contributed by atoms with Gasteiger partial charge in [-0.3, -0.25) is 0 Å². The first kappa shape index (κ1) is 11.6. The summed E-state index contributed by atoms with van der Waals surface area (Å²) in [6, 6.07) is 6.71. The van der Waals surface area contributed by atoms with Crippen molar-refractivity contribution in [2.75, 3.05) is 26.4 Å². The molecule has 1 aliphatic carbocycles. The predicted octanol–water partition coefficient (Wildman–Crippen LogP) is 1.46. The van der Waals surface area contributed by atoms with Crippen LogP contribution in [0.3, 0.4) is 0 Å². The van der Waals surface area contributed by atoms with Crippen molar-refractivity contribution in [2.45, 2.75) is 24.3 Å². The Morgan fingerprint density at radius 2 is 1.79 bits per heavy atom. The average molecular weight is 261 g/mol. The van der Waals surface area contributed by atoms with Crippen LogP contribution < -0.4 is 15.2 Å². The van der Waals surface area contributed by atoms with Crippen LogP contribution in [-0.4, -0.2) is 32.5 Å². The molecule has 2 N–H and O–H groups in total. The van der Waals surface area contributed by atoms with Gasteiger partial charge in [0.15, 0.2) is 11.5 Å². The third-order valence-electron chi connectivity index (χ3n) is 4.79. The minimum atomic E-state index is 0.158. The summed E-state index contributed by atoms with van der Waals surface area (Å²) in [4.78, 5) is 0. The van der Waals surface area contributed by atoms with E-state index in [-0.39, 0.29) is 5.41 Å². The fraction of sp³-hybridized carbons (Fsp3) is 0.600. The number of fused-ring (bicyclic) bond motifs is 1. The second-order valence-electron chi connectivity index (χ2n) is 5.94. The number of hydrogen-bond donors (Lipinski definition) is 1. The number of hydrogen-bond acceptors (Lipinski definition) is 4. The van der Waals surface area contributed by atoms with Gasteiger partial charge in [-0.2, -0.15) is 0 Å². The Morgan fingerprint density at radius 3 is 2.42 bits per heavy atom. The van der Waals surface area contributed by atoms with Crippen molar-refractivity contribution in [1.82, 2.24) is 0 Å². The molecule has 1 saturated heterocycles. The topological polar surface area (TPSA) is 53.7 Å². The lowest BCUT2D eigenvalue weighted by atomic mass is 9.59. The number of nitrogens with two attached hydrogens (primary N) is 1. The van der Waals surface area contributed by atoms with Gasteiger partial charge in [-0.1, -0.05) is 6.07 Å². The third-order valence-corrected chi connectivity index (χ3v) is 4.79. The van der Waals surface area contributed by atoms with Crippen molar-refractivity contribution < 1.29 is 14.2 Å². The Hall–Kier alpha value is -1.26. The van der Waals surface area contributed by atoms with Crippen LogP contribution in [0.15, 0.2) is 18.2 Å². The highest BCUT2D eigenvalue weighted by Crippen LogP contribution is 2.49. The lowest BCUT2D eigenvalue weighted by Crippen LogP contribution is -2.58. The molecule has 3 aliphatic rings. The van der Waals surface area contributed by atoms with E-state index in [1.54, 1.807) is 0 Å². The highest BCUT2D eigenvalue weighted by Gasteiger charge is 2.51. The fourth-order valence-corrected chi connectivity index (χ4v) is 3.43. The summed E-state index contributed by atoms with van der Waals surface area (Å²) in [5.74, 6) is 2.38. The summed E-state index contributed by atoms with van der Waals surface area (Å²) < 4.78 is 16.8. The highest BCUT2D eigenvalue weighted by atomic mass is 16.6. The molecule has 0 atom stereocenters. The van der Waals surface area contributed by atoms with Gasteiger partial charge >= 0.3 is 0 Å². The zero-order chi connectivity index (χ0) is 12.9. The van der Waals surface area contributed by atoms with Crippen LogP contribution in [0.25, 0.3) is 0 Å². The standard InChI is InChI=1S/C15H19NO3/c16-12-5-11(6-12)15(8-17-9-15)10-1-2-13-14(7-10)19-4-3-18-13/h1-2,7,11-12H,3-6,8-9,16H2. The van der Waals surface area contributed by atoms with Gasteiger partial charge in [0.1, 0.15) is 13.2 Å². The molecule has 4 heteroatoms. The van der Waals surface area contributed by atoms with Gasteiger partial charge in [0.25, 0.3) is 0 Å². The van der Waals surface area contributed by atoms with Crippen molar-refractivity contribution in [3.63, 3.8) is 0 Å². The molecule has 19 heavy (non-hydrogen) atoms. The molecule has 2 aliphatic heterocycles. The summed E-state index contributed by atoms with van der Waals surface area (Å²) in [6.07, 6.45) is 2.22. The van der Waals surface area contributed by atoms with Crippen LogP contribution in [0.2, 0.25) is 0 Å². The van der Waals surface area contributed by atoms with E-state index in [4.69, 9.17) is 19.9 Å². The number of benzene rings is 1. The van der Waals surface area contributed by atoms with Gasteiger partial charge in [-0.15, -0.1) is 0 Å². The maximum atomic E-state index is 5.95. The molecular formula is C15H19NO3. The molecule has 0 bridgehead atoms. The van der Waals surface area contributed by atoms with Crippen molar-refractivity contribution >= 4 is 0 Å². The summed E-state index contributed by atoms with van der Waals surface area (Å²) in [5.41, 5.74) is 7.43. The fourth-order valence-electron chi connectivity index (χ4n) is 3.43. The van der Waals surface area contributed by atoms with Gasteiger partial charge in [-0.05, 0) is 36.5 Å². The van der Waals surface area contributed by atoms with Crippen molar-refractivity contribution in [3.8, 4) is 11.5 Å². The van der Waals surface area contributed by atoms with Crippen molar-refractivity contribution in [1.29, 1.82) is 0 Å². The molecule has 0 radical (unpaired) electrons. The average Bonchev–Trinajstić information content (AvgIpc) is 2.35. The van der Waals surface area contributed by atoms with Crippen LogP contribution in [0, 0.1) is 5.92 Å². The van der Waals surface area contributed by atoms with Crippen LogP contribution in [0.1, 0.15) is 18.4 Å². The largest absolute Gasteiger partial charge is 0.486 e. The first-order chi connectivity index (χ1) is 9.28. The van der Waals surface area contributed by atoms with E-state index in [0.717, 1.165) is 37.6 Å². The lowest BCUT2D eigenvalue weighted by Gasteiger charge is -2.53. The van der Waals surface area contributed by atoms with Gasteiger partial charge in [-0.25, -0.2) is 0 Å². The molecule has 102 valence electrons. The molecule has 1 saturated carbocycles. The van der Waals surface area contributed by atoms with Gasteiger partial charge in [0.05, 0.1) is 13.2 Å². The number of rotatable bonds is 2. The minimum absolute atomic E-state index is 0.158. The molecule has 1 aromatic carbocycles. The quantitative estimate of drug-likeness (QED) is 0.875. The van der Waals surface area contributed by atoms with Crippen molar-refractivity contribution in [3.05, 3.63) is 23.8 Å². The van der Waals surface area contributed by atoms with Gasteiger partial charge in [0.2, 0.25) is 0 Å². The van der Waals surface area contributed by atoms with Gasteiger partial charge in [0, 0.05) is 11.5 Å². The molecule has 1 aromatic rings. The Labute approximate surface area is 112 Å². The number of ether oxygens (including phenoxy) is 3. The Bertz CT molecular complexity index is 492. The maximum absolute atomic E-state index is 5.95. The summed E-state index contributed by atoms with van der Waals surface area (Å²) >= 11 is 0. The summed E-state index contributed by atoms with van der Waals surface area (Å²) in [6.45, 7) is 2.89. The molecule has 0 amide bonds. The predicted molar refractivity (Wildman–Crippen MR) is 70.6 cm³/mol. The van der Waals surface area contributed by atoms with E-state index in [1.807, 2.05) is 6.07 Å². The monoisotopic (exact) mass is 261 g/mol. The van der Waals surface area contributed by atoms with Crippen LogP contribution >= 0.6 is 0 Å². The molecule has 0 unspecified atom stereocenters. The Balaban J connectivity index is 1.66. The van der Waals surface area contributed by atoms with E-state index in [1.165, 1.54) is 5.56 Å². The third kappa shape index (κ3) is 1.66. The van der Waals surface area contributed by atoms with E-state index < -0.39 is 0 Å².